The minimum atomic E-state index is 0.0357. The predicted molar refractivity (Wildman–Crippen MR) is 125 cm³/mol. The molecule has 0 amide bonds. The zero-order valence-electron chi connectivity index (χ0n) is 18.0. The molecule has 1 aromatic heterocycles. The maximum absolute atomic E-state index is 9.57. The molecule has 1 unspecified atom stereocenters. The molecule has 1 N–H and O–H groups in total. The summed E-state index contributed by atoms with van der Waals surface area (Å²) in [6, 6.07) is 10.4. The Morgan fingerprint density at radius 1 is 1.14 bits per heavy atom. The van der Waals surface area contributed by atoms with Crippen LogP contribution in [0.25, 0.3) is 11.1 Å². The monoisotopic (exact) mass is 410 g/mol. The van der Waals surface area contributed by atoms with Crippen LogP contribution in [0.4, 0.5) is 0 Å². The van der Waals surface area contributed by atoms with E-state index in [2.05, 4.69) is 67.6 Å². The molecule has 0 saturated heterocycles. The predicted octanol–water partition coefficient (Wildman–Crippen LogP) is 6.96. The van der Waals surface area contributed by atoms with Crippen molar-refractivity contribution in [1.29, 1.82) is 0 Å². The van der Waals surface area contributed by atoms with Gasteiger partial charge in [0.25, 0.3) is 0 Å². The molecular weight excluding hydrogens is 376 g/mol. The van der Waals surface area contributed by atoms with Crippen LogP contribution in [0.2, 0.25) is 0 Å². The summed E-state index contributed by atoms with van der Waals surface area (Å²) in [6.45, 7) is 7.29. The fourth-order valence-electron chi connectivity index (χ4n) is 2.96. The van der Waals surface area contributed by atoms with Crippen LogP contribution >= 0.6 is 11.3 Å². The molecule has 0 aliphatic heterocycles. The number of aliphatic hydroxyl groups excluding tert-OH is 1. The Hall–Kier alpha value is -2.02. The highest BCUT2D eigenvalue weighted by atomic mass is 32.1. The molecule has 3 heteroatoms. The van der Waals surface area contributed by atoms with Crippen molar-refractivity contribution in [3.8, 4) is 28.7 Å². The normalized spacial score (nSPS) is 12.6. The fraction of sp³-hybridized carbons (Fsp3) is 0.462. The zero-order valence-corrected chi connectivity index (χ0v) is 18.8. The van der Waals surface area contributed by atoms with Gasteiger partial charge in [-0.2, -0.15) is 11.3 Å². The van der Waals surface area contributed by atoms with Crippen LogP contribution in [0.15, 0.2) is 53.2 Å². The lowest BCUT2D eigenvalue weighted by molar-refractivity contribution is 0.215. The molecule has 0 fully saturated rings. The largest absolute Gasteiger partial charge is 0.494 e. The van der Waals surface area contributed by atoms with Gasteiger partial charge in [0.15, 0.2) is 0 Å². The van der Waals surface area contributed by atoms with Crippen molar-refractivity contribution in [3.63, 3.8) is 0 Å². The van der Waals surface area contributed by atoms with E-state index in [0.29, 0.717) is 5.92 Å². The highest BCUT2D eigenvalue weighted by Gasteiger charge is 2.06. The number of hydrogen-bond donors (Lipinski definition) is 1. The second kappa shape index (κ2) is 12.5. The summed E-state index contributed by atoms with van der Waals surface area (Å²) in [5.74, 6) is 7.54. The molecule has 1 aromatic carbocycles. The summed E-state index contributed by atoms with van der Waals surface area (Å²) in [5.41, 5.74) is 2.48. The first-order valence-electron chi connectivity index (χ1n) is 10.5. The lowest BCUT2D eigenvalue weighted by atomic mass is 9.97. The molecular formula is C26H34O2S. The van der Waals surface area contributed by atoms with Crippen molar-refractivity contribution in [2.24, 2.45) is 11.3 Å². The van der Waals surface area contributed by atoms with E-state index in [1.807, 2.05) is 18.2 Å². The highest BCUT2D eigenvalue weighted by molar-refractivity contribution is 7.08. The number of thiophene rings is 1. The Balaban J connectivity index is 1.62. The van der Waals surface area contributed by atoms with E-state index in [4.69, 9.17) is 4.74 Å². The van der Waals surface area contributed by atoms with E-state index < -0.39 is 0 Å². The van der Waals surface area contributed by atoms with Crippen molar-refractivity contribution in [2.45, 2.75) is 52.9 Å². The van der Waals surface area contributed by atoms with Crippen LogP contribution in [0, 0.1) is 23.2 Å². The van der Waals surface area contributed by atoms with Gasteiger partial charge >= 0.3 is 0 Å². The summed E-state index contributed by atoms with van der Waals surface area (Å²) in [7, 11) is 0. The second-order valence-corrected chi connectivity index (χ2v) is 9.22. The first kappa shape index (κ1) is 23.3. The lowest BCUT2D eigenvalue weighted by Crippen LogP contribution is -2.05. The highest BCUT2D eigenvalue weighted by Crippen LogP contribution is 2.26. The first-order chi connectivity index (χ1) is 14.0. The van der Waals surface area contributed by atoms with Crippen molar-refractivity contribution in [3.05, 3.63) is 53.2 Å². The topological polar surface area (TPSA) is 29.5 Å². The fourth-order valence-corrected chi connectivity index (χ4v) is 3.62. The van der Waals surface area contributed by atoms with E-state index >= 15 is 0 Å². The molecule has 0 saturated carbocycles. The van der Waals surface area contributed by atoms with Gasteiger partial charge in [-0.3, -0.25) is 0 Å². The smallest absolute Gasteiger partial charge is 0.119 e. The quantitative estimate of drug-likeness (QED) is 0.320. The number of ether oxygens (including phenoxy) is 1. The van der Waals surface area contributed by atoms with Gasteiger partial charge < -0.3 is 9.84 Å². The molecule has 0 aliphatic carbocycles. The molecule has 0 radical (unpaired) electrons. The molecule has 2 nitrogen and oxygen atoms in total. The van der Waals surface area contributed by atoms with Crippen LogP contribution in [0.5, 0.6) is 5.75 Å². The summed E-state index contributed by atoms with van der Waals surface area (Å²) in [6.07, 6.45) is 9.21. The van der Waals surface area contributed by atoms with Gasteiger partial charge in [0.2, 0.25) is 0 Å². The molecule has 2 aromatic rings. The number of allylic oxidation sites excluding steroid dienone is 2. The molecule has 156 valence electrons. The van der Waals surface area contributed by atoms with Gasteiger partial charge in [-0.05, 0) is 92.1 Å². The van der Waals surface area contributed by atoms with E-state index in [1.165, 1.54) is 11.1 Å². The van der Waals surface area contributed by atoms with Crippen LogP contribution in [0.3, 0.4) is 0 Å². The molecule has 1 atom stereocenters. The number of hydrogen-bond acceptors (Lipinski definition) is 3. The molecule has 0 aliphatic rings. The van der Waals surface area contributed by atoms with E-state index in [9.17, 15) is 5.11 Å². The Morgan fingerprint density at radius 2 is 2.00 bits per heavy atom. The Bertz CT molecular complexity index is 788. The zero-order chi connectivity index (χ0) is 21.0. The summed E-state index contributed by atoms with van der Waals surface area (Å²) in [5, 5.41) is 13.8. The van der Waals surface area contributed by atoms with Crippen molar-refractivity contribution in [2.75, 3.05) is 13.2 Å². The number of aliphatic hydroxyl groups is 1. The van der Waals surface area contributed by atoms with Crippen LogP contribution in [0.1, 0.15) is 52.9 Å². The summed E-state index contributed by atoms with van der Waals surface area (Å²) < 4.78 is 5.92. The molecule has 1 heterocycles. The van der Waals surface area contributed by atoms with E-state index in [0.717, 1.165) is 44.5 Å². The Kier molecular flexibility index (Phi) is 10.0. The molecule has 29 heavy (non-hydrogen) atoms. The number of unbranched alkanes of at least 4 members (excludes halogenated alkanes) is 2. The van der Waals surface area contributed by atoms with Crippen molar-refractivity contribution < 1.29 is 9.84 Å². The SMILES string of the molecule is CC(C)(C)C#C/C=C/CC(CO)CCCCCOc1cccc(-c2ccsc2)c1. The minimum Gasteiger partial charge on any atom is -0.494 e. The maximum Gasteiger partial charge on any atom is 0.119 e. The molecule has 0 bridgehead atoms. The average Bonchev–Trinajstić information content (AvgIpc) is 3.23. The van der Waals surface area contributed by atoms with Gasteiger partial charge in [-0.25, -0.2) is 0 Å². The van der Waals surface area contributed by atoms with Gasteiger partial charge in [0.05, 0.1) is 6.61 Å². The average molecular weight is 411 g/mol. The van der Waals surface area contributed by atoms with Gasteiger partial charge in [0, 0.05) is 12.0 Å². The van der Waals surface area contributed by atoms with Crippen LogP contribution in [-0.4, -0.2) is 18.3 Å². The standard InChI is InChI=1S/C26H34O2S/c1-26(2,3)16-8-4-6-11-22(20-27)12-7-5-9-17-28-25-14-10-13-23(19-25)24-15-18-29-21-24/h4,6,10,13-15,18-19,21-22,27H,5,7,9,11-12,17,20H2,1-3H3/b6-4+. The van der Waals surface area contributed by atoms with E-state index in [-0.39, 0.29) is 12.0 Å². The lowest BCUT2D eigenvalue weighted by Gasteiger charge is -2.12. The van der Waals surface area contributed by atoms with Crippen LogP contribution < -0.4 is 4.74 Å². The van der Waals surface area contributed by atoms with Gasteiger partial charge in [-0.1, -0.05) is 42.9 Å². The summed E-state index contributed by atoms with van der Waals surface area (Å²) >= 11 is 1.71. The van der Waals surface area contributed by atoms with Crippen molar-refractivity contribution in [1.82, 2.24) is 0 Å². The Morgan fingerprint density at radius 3 is 2.72 bits per heavy atom. The molecule has 0 spiro atoms. The third-order valence-corrected chi connectivity index (χ3v) is 5.27. The maximum atomic E-state index is 9.57. The first-order valence-corrected chi connectivity index (χ1v) is 11.5. The second-order valence-electron chi connectivity index (χ2n) is 8.44. The molecule has 2 rings (SSSR count). The number of rotatable bonds is 11. The third-order valence-electron chi connectivity index (χ3n) is 4.59. The van der Waals surface area contributed by atoms with Crippen molar-refractivity contribution >= 4 is 11.3 Å². The van der Waals surface area contributed by atoms with Gasteiger partial charge in [-0.15, -0.1) is 0 Å². The van der Waals surface area contributed by atoms with Crippen LogP contribution in [-0.2, 0) is 0 Å². The Labute approximate surface area is 180 Å². The number of benzene rings is 1. The summed E-state index contributed by atoms with van der Waals surface area (Å²) in [4.78, 5) is 0. The third kappa shape index (κ3) is 9.83. The van der Waals surface area contributed by atoms with E-state index in [1.54, 1.807) is 11.3 Å². The minimum absolute atomic E-state index is 0.0357. The van der Waals surface area contributed by atoms with Gasteiger partial charge in [0.1, 0.15) is 5.75 Å².